The van der Waals surface area contributed by atoms with Crippen LogP contribution in [0.1, 0.15) is 105 Å². The Labute approximate surface area is 228 Å². The van der Waals surface area contributed by atoms with Crippen molar-refractivity contribution < 1.29 is 14.0 Å². The second kappa shape index (κ2) is 11.2. The topological polar surface area (TPSA) is 38.3 Å². The zero-order valence-electron chi connectivity index (χ0n) is 25.6. The fourth-order valence-electron chi connectivity index (χ4n) is 9.44. The minimum Gasteiger partial charge on any atom is -0.446 e. The maximum absolute atomic E-state index is 12.5. The summed E-state index contributed by atoms with van der Waals surface area (Å²) in [6, 6.07) is 0. The minimum atomic E-state index is -0.232. The molecule has 1 amide bonds. The summed E-state index contributed by atoms with van der Waals surface area (Å²) >= 11 is 0. The molecule has 4 rings (SSSR count). The average molecular weight is 516 g/mol. The van der Waals surface area contributed by atoms with Gasteiger partial charge in [-0.2, -0.15) is 0 Å². The minimum absolute atomic E-state index is 0.0383. The SMILES string of the molecule is CC(C)CCC[C@@H](C)[C@H]1CC[C@H]2[C@@H]3CC=C4C[C@@H](OC(=O)NCC[N+](C)(C)C)CC[C@]4(C)[C@H]3CC[C@]12C. The quantitative estimate of drug-likeness (QED) is 0.251. The van der Waals surface area contributed by atoms with Crippen LogP contribution < -0.4 is 5.32 Å². The van der Waals surface area contributed by atoms with E-state index in [2.05, 4.69) is 67.2 Å². The summed E-state index contributed by atoms with van der Waals surface area (Å²) in [4.78, 5) is 12.5. The number of hydrogen-bond donors (Lipinski definition) is 1. The van der Waals surface area contributed by atoms with E-state index >= 15 is 0 Å². The number of rotatable bonds is 9. The molecular formula is C33H59N2O2+. The van der Waals surface area contributed by atoms with Crippen LogP contribution in [0.2, 0.25) is 0 Å². The molecule has 3 fully saturated rings. The number of hydrogen-bond acceptors (Lipinski definition) is 2. The van der Waals surface area contributed by atoms with Gasteiger partial charge in [-0.25, -0.2) is 4.79 Å². The van der Waals surface area contributed by atoms with Gasteiger partial charge in [-0.3, -0.25) is 0 Å². The molecule has 0 aromatic carbocycles. The predicted octanol–water partition coefficient (Wildman–Crippen LogP) is 7.83. The van der Waals surface area contributed by atoms with Crippen LogP contribution in [0.4, 0.5) is 4.79 Å². The summed E-state index contributed by atoms with van der Waals surface area (Å²) in [6.45, 7) is 14.1. The molecule has 3 saturated carbocycles. The van der Waals surface area contributed by atoms with E-state index in [0.717, 1.165) is 59.4 Å². The normalized spacial score (nSPS) is 38.3. The molecule has 4 heteroatoms. The average Bonchev–Trinajstić information content (AvgIpc) is 3.15. The van der Waals surface area contributed by atoms with Gasteiger partial charge in [0, 0.05) is 6.42 Å². The first kappa shape index (κ1) is 29.0. The Kier molecular flexibility index (Phi) is 8.78. The van der Waals surface area contributed by atoms with Crippen LogP contribution >= 0.6 is 0 Å². The number of amides is 1. The van der Waals surface area contributed by atoms with Crippen LogP contribution in [0.3, 0.4) is 0 Å². The first-order chi connectivity index (χ1) is 17.3. The monoisotopic (exact) mass is 515 g/mol. The number of ether oxygens (including phenoxy) is 1. The predicted molar refractivity (Wildman–Crippen MR) is 154 cm³/mol. The van der Waals surface area contributed by atoms with E-state index in [1.54, 1.807) is 5.57 Å². The maximum Gasteiger partial charge on any atom is 0.407 e. The van der Waals surface area contributed by atoms with E-state index in [4.69, 9.17) is 4.74 Å². The molecule has 4 aliphatic rings. The summed E-state index contributed by atoms with van der Waals surface area (Å²) in [7, 11) is 6.43. The Balaban J connectivity index is 1.36. The molecule has 0 aromatic rings. The van der Waals surface area contributed by atoms with E-state index in [-0.39, 0.29) is 12.2 Å². The molecular weight excluding hydrogens is 456 g/mol. The Morgan fingerprint density at radius 3 is 2.51 bits per heavy atom. The van der Waals surface area contributed by atoms with Crippen LogP contribution in [-0.4, -0.2) is 50.9 Å². The van der Waals surface area contributed by atoms with Crippen LogP contribution in [0.25, 0.3) is 0 Å². The Morgan fingerprint density at radius 1 is 1.05 bits per heavy atom. The summed E-state index contributed by atoms with van der Waals surface area (Å²) in [6.07, 6.45) is 16.8. The largest absolute Gasteiger partial charge is 0.446 e. The molecule has 0 heterocycles. The van der Waals surface area contributed by atoms with Gasteiger partial charge >= 0.3 is 6.09 Å². The molecule has 37 heavy (non-hydrogen) atoms. The zero-order valence-corrected chi connectivity index (χ0v) is 25.6. The van der Waals surface area contributed by atoms with Crippen molar-refractivity contribution in [3.05, 3.63) is 11.6 Å². The zero-order chi connectivity index (χ0) is 27.0. The molecule has 212 valence electrons. The summed E-state index contributed by atoms with van der Waals surface area (Å²) < 4.78 is 6.75. The number of quaternary nitrogens is 1. The van der Waals surface area contributed by atoms with Crippen molar-refractivity contribution in [2.24, 2.45) is 46.3 Å². The van der Waals surface area contributed by atoms with Crippen molar-refractivity contribution in [1.29, 1.82) is 0 Å². The van der Waals surface area contributed by atoms with Gasteiger partial charge in [0.05, 0.1) is 34.2 Å². The number of nitrogens with one attached hydrogen (secondary N) is 1. The third-order valence-electron chi connectivity index (χ3n) is 11.6. The van der Waals surface area contributed by atoms with Gasteiger partial charge < -0.3 is 14.5 Å². The van der Waals surface area contributed by atoms with Crippen LogP contribution in [0, 0.1) is 46.3 Å². The molecule has 4 aliphatic carbocycles. The number of allylic oxidation sites excluding steroid dienone is 1. The van der Waals surface area contributed by atoms with Crippen molar-refractivity contribution in [3.8, 4) is 0 Å². The Bertz CT molecular complexity index is 829. The fourth-order valence-corrected chi connectivity index (χ4v) is 9.44. The fraction of sp³-hybridized carbons (Fsp3) is 0.909. The first-order valence-electron chi connectivity index (χ1n) is 15.8. The highest BCUT2D eigenvalue weighted by molar-refractivity contribution is 5.67. The van der Waals surface area contributed by atoms with E-state index in [1.807, 2.05) is 0 Å². The summed E-state index contributed by atoms with van der Waals surface area (Å²) in [5.41, 5.74) is 2.46. The number of fused-ring (bicyclic) bond motifs is 5. The van der Waals surface area contributed by atoms with Gasteiger partial charge in [0.2, 0.25) is 0 Å². The number of likely N-dealkylation sites (N-methyl/N-ethyl adjacent to an activating group) is 1. The standard InChI is InChI=1S/C33H58N2O2/c1-23(2)10-9-11-24(3)28-14-15-29-27-13-12-25-22-26(37-31(36)34-20-21-35(6,7)8)16-18-32(25,4)30(27)17-19-33(28,29)5/h12,23-24,26-30H,9-11,13-22H2,1-8H3/p+1/t24-,26+,27+,28-,29+,30+,32+,33-/m1/s1. The highest BCUT2D eigenvalue weighted by atomic mass is 16.6. The highest BCUT2D eigenvalue weighted by Crippen LogP contribution is 2.67. The molecule has 0 radical (unpaired) electrons. The van der Waals surface area contributed by atoms with Crippen LogP contribution in [0.5, 0.6) is 0 Å². The van der Waals surface area contributed by atoms with Crippen molar-refractivity contribution in [2.45, 2.75) is 111 Å². The van der Waals surface area contributed by atoms with Crippen molar-refractivity contribution >= 4 is 6.09 Å². The Morgan fingerprint density at radius 2 is 1.81 bits per heavy atom. The van der Waals surface area contributed by atoms with E-state index < -0.39 is 0 Å². The maximum atomic E-state index is 12.5. The molecule has 0 bridgehead atoms. The molecule has 0 saturated heterocycles. The van der Waals surface area contributed by atoms with Crippen molar-refractivity contribution in [3.63, 3.8) is 0 Å². The number of carbonyl (C=O) groups is 1. The molecule has 0 unspecified atom stereocenters. The van der Waals surface area contributed by atoms with Crippen LogP contribution in [0.15, 0.2) is 11.6 Å². The van der Waals surface area contributed by atoms with Crippen LogP contribution in [-0.2, 0) is 4.74 Å². The third kappa shape index (κ3) is 6.25. The lowest BCUT2D eigenvalue weighted by Gasteiger charge is -2.58. The van der Waals surface area contributed by atoms with Crippen molar-refractivity contribution in [2.75, 3.05) is 34.2 Å². The second-order valence-electron chi connectivity index (χ2n) is 15.5. The first-order valence-corrected chi connectivity index (χ1v) is 15.8. The second-order valence-corrected chi connectivity index (χ2v) is 15.5. The van der Waals surface area contributed by atoms with Crippen molar-refractivity contribution in [1.82, 2.24) is 5.32 Å². The third-order valence-corrected chi connectivity index (χ3v) is 11.6. The lowest BCUT2D eigenvalue weighted by Crippen LogP contribution is -2.51. The van der Waals surface area contributed by atoms with Gasteiger partial charge in [-0.05, 0) is 91.3 Å². The van der Waals surface area contributed by atoms with E-state index in [0.29, 0.717) is 17.4 Å². The number of carbonyl (C=O) groups excluding carboxylic acids is 1. The lowest BCUT2D eigenvalue weighted by molar-refractivity contribution is -0.869. The van der Waals surface area contributed by atoms with Gasteiger partial charge in [-0.1, -0.05) is 65.5 Å². The molecule has 0 spiro atoms. The van der Waals surface area contributed by atoms with Gasteiger partial charge in [0.25, 0.3) is 0 Å². The lowest BCUT2D eigenvalue weighted by atomic mass is 9.47. The molecule has 1 N–H and O–H groups in total. The number of alkyl carbamates (subject to hydrolysis) is 1. The van der Waals surface area contributed by atoms with Gasteiger partial charge in [0.1, 0.15) is 6.10 Å². The van der Waals surface area contributed by atoms with E-state index in [1.165, 1.54) is 57.8 Å². The van der Waals surface area contributed by atoms with E-state index in [9.17, 15) is 4.79 Å². The molecule has 0 aliphatic heterocycles. The Hall–Kier alpha value is -1.03. The summed E-state index contributed by atoms with van der Waals surface area (Å²) in [5, 5.41) is 2.98. The molecule has 0 aromatic heterocycles. The molecule has 8 atom stereocenters. The highest BCUT2D eigenvalue weighted by Gasteiger charge is 2.59. The summed E-state index contributed by atoms with van der Waals surface area (Å²) in [5.74, 6) is 5.21. The number of nitrogens with zero attached hydrogens (tertiary/aromatic N) is 1. The van der Waals surface area contributed by atoms with Gasteiger partial charge in [-0.15, -0.1) is 0 Å². The van der Waals surface area contributed by atoms with Gasteiger partial charge in [0.15, 0.2) is 0 Å². The molecule has 4 nitrogen and oxygen atoms in total. The smallest absolute Gasteiger partial charge is 0.407 e.